The summed E-state index contributed by atoms with van der Waals surface area (Å²) in [5.74, 6) is 1.35. The molecular weight excluding hydrogens is 272 g/mol. The molecule has 0 spiro atoms. The smallest absolute Gasteiger partial charge is 0.234 e. The van der Waals surface area contributed by atoms with E-state index >= 15 is 0 Å². The monoisotopic (exact) mass is 296 g/mol. The molecule has 21 heavy (non-hydrogen) atoms. The van der Waals surface area contributed by atoms with Crippen molar-refractivity contribution in [3.63, 3.8) is 0 Å². The number of para-hydroxylation sites is 1. The van der Waals surface area contributed by atoms with E-state index < -0.39 is 0 Å². The van der Waals surface area contributed by atoms with Gasteiger partial charge in [-0.2, -0.15) is 0 Å². The fourth-order valence-electron chi connectivity index (χ4n) is 1.87. The molecule has 1 rings (SSSR count). The third-order valence-corrected chi connectivity index (χ3v) is 2.79. The summed E-state index contributed by atoms with van der Waals surface area (Å²) in [6.45, 7) is 4.30. The van der Waals surface area contributed by atoms with E-state index in [1.54, 1.807) is 14.2 Å². The van der Waals surface area contributed by atoms with Crippen molar-refractivity contribution in [2.45, 2.75) is 13.5 Å². The van der Waals surface area contributed by atoms with Gasteiger partial charge >= 0.3 is 0 Å². The minimum Gasteiger partial charge on any atom is -0.493 e. The maximum Gasteiger partial charge on any atom is 0.234 e. The molecule has 1 aromatic carbocycles. The second-order valence-corrected chi connectivity index (χ2v) is 4.33. The first-order valence-electron chi connectivity index (χ1n) is 6.98. The molecule has 0 radical (unpaired) electrons. The van der Waals surface area contributed by atoms with Crippen LogP contribution in [0.5, 0.6) is 11.5 Å². The van der Waals surface area contributed by atoms with Crippen LogP contribution in [0.2, 0.25) is 0 Å². The Hall–Kier alpha value is -1.79. The molecule has 0 unspecified atom stereocenters. The van der Waals surface area contributed by atoms with Gasteiger partial charge in [0.2, 0.25) is 5.91 Å². The largest absolute Gasteiger partial charge is 0.493 e. The summed E-state index contributed by atoms with van der Waals surface area (Å²) < 4.78 is 15.8. The minimum absolute atomic E-state index is 0.0630. The van der Waals surface area contributed by atoms with Crippen LogP contribution >= 0.6 is 0 Å². The number of methoxy groups -OCH3 is 2. The van der Waals surface area contributed by atoms with Crippen LogP contribution in [0.3, 0.4) is 0 Å². The van der Waals surface area contributed by atoms with Crippen molar-refractivity contribution in [1.82, 2.24) is 10.6 Å². The van der Waals surface area contributed by atoms with Crippen LogP contribution in [0.25, 0.3) is 0 Å². The highest BCUT2D eigenvalue weighted by molar-refractivity contribution is 5.77. The van der Waals surface area contributed by atoms with E-state index in [-0.39, 0.29) is 12.5 Å². The molecule has 0 aliphatic heterocycles. The first-order valence-corrected chi connectivity index (χ1v) is 6.98. The number of carbonyl (C=O) groups is 1. The van der Waals surface area contributed by atoms with E-state index in [2.05, 4.69) is 10.6 Å². The summed E-state index contributed by atoms with van der Waals surface area (Å²) in [6, 6.07) is 5.71. The molecule has 0 aliphatic carbocycles. The van der Waals surface area contributed by atoms with Gasteiger partial charge in [0.25, 0.3) is 0 Å². The third-order valence-electron chi connectivity index (χ3n) is 2.79. The Morgan fingerprint density at radius 2 is 2.10 bits per heavy atom. The summed E-state index contributed by atoms with van der Waals surface area (Å²) in [6.07, 6.45) is 0. The molecule has 1 aromatic rings. The number of hydrogen-bond donors (Lipinski definition) is 2. The van der Waals surface area contributed by atoms with E-state index in [9.17, 15) is 4.79 Å². The Kier molecular flexibility index (Phi) is 8.23. The maximum absolute atomic E-state index is 11.5. The van der Waals surface area contributed by atoms with Crippen molar-refractivity contribution in [3.8, 4) is 11.5 Å². The average Bonchev–Trinajstić information content (AvgIpc) is 2.48. The Morgan fingerprint density at radius 1 is 1.29 bits per heavy atom. The quantitative estimate of drug-likeness (QED) is 0.629. The molecule has 0 aliphatic rings. The number of rotatable bonds is 10. The van der Waals surface area contributed by atoms with Crippen LogP contribution in [-0.4, -0.2) is 46.4 Å². The topological polar surface area (TPSA) is 68.8 Å². The summed E-state index contributed by atoms with van der Waals surface area (Å²) in [5.41, 5.74) is 0.952. The van der Waals surface area contributed by atoms with Crippen molar-refractivity contribution >= 4 is 5.91 Å². The minimum atomic E-state index is -0.0630. The average molecular weight is 296 g/mol. The SMILES string of the molecule is CCOc1cccc(CNCC(=O)NCCOC)c1OC. The number of amides is 1. The molecule has 6 nitrogen and oxygen atoms in total. The van der Waals surface area contributed by atoms with Gasteiger partial charge in [0.15, 0.2) is 11.5 Å². The number of hydrogen-bond acceptors (Lipinski definition) is 5. The fourth-order valence-corrected chi connectivity index (χ4v) is 1.87. The summed E-state index contributed by atoms with van der Waals surface area (Å²) >= 11 is 0. The molecule has 1 amide bonds. The van der Waals surface area contributed by atoms with Crippen LogP contribution in [0, 0.1) is 0 Å². The first kappa shape index (κ1) is 17.3. The Balaban J connectivity index is 2.47. The highest BCUT2D eigenvalue weighted by Gasteiger charge is 2.10. The normalized spacial score (nSPS) is 10.2. The van der Waals surface area contributed by atoms with Crippen molar-refractivity contribution in [2.75, 3.05) is 40.5 Å². The van der Waals surface area contributed by atoms with Gasteiger partial charge < -0.3 is 24.8 Å². The van der Waals surface area contributed by atoms with E-state index in [1.807, 2.05) is 25.1 Å². The third kappa shape index (κ3) is 6.01. The molecule has 118 valence electrons. The zero-order valence-corrected chi connectivity index (χ0v) is 12.9. The lowest BCUT2D eigenvalue weighted by Crippen LogP contribution is -2.35. The standard InChI is InChI=1S/C15H24N2O4/c1-4-21-13-7-5-6-12(15(13)20-3)10-16-11-14(18)17-8-9-19-2/h5-7,16H,4,8-11H2,1-3H3,(H,17,18). The second-order valence-electron chi connectivity index (χ2n) is 4.33. The van der Waals surface area contributed by atoms with E-state index in [0.717, 1.165) is 5.56 Å². The van der Waals surface area contributed by atoms with Crippen molar-refractivity contribution in [3.05, 3.63) is 23.8 Å². The Labute approximate surface area is 125 Å². The summed E-state index contributed by atoms with van der Waals surface area (Å²) in [7, 11) is 3.21. The van der Waals surface area contributed by atoms with Crippen LogP contribution in [0.4, 0.5) is 0 Å². The summed E-state index contributed by atoms with van der Waals surface area (Å²) in [5, 5.41) is 5.83. The van der Waals surface area contributed by atoms with Crippen molar-refractivity contribution < 1.29 is 19.0 Å². The number of ether oxygens (including phenoxy) is 3. The molecule has 0 saturated carbocycles. The van der Waals surface area contributed by atoms with Gasteiger partial charge in [0.05, 0.1) is 26.9 Å². The molecule has 0 bridgehead atoms. The molecule has 0 atom stereocenters. The lowest BCUT2D eigenvalue weighted by molar-refractivity contribution is -0.120. The van der Waals surface area contributed by atoms with Gasteiger partial charge in [-0.05, 0) is 13.0 Å². The predicted molar refractivity (Wildman–Crippen MR) is 80.8 cm³/mol. The number of nitrogens with one attached hydrogen (secondary N) is 2. The fraction of sp³-hybridized carbons (Fsp3) is 0.533. The van der Waals surface area contributed by atoms with Gasteiger partial charge in [-0.3, -0.25) is 4.79 Å². The number of benzene rings is 1. The predicted octanol–water partition coefficient (Wildman–Crippen LogP) is 0.946. The van der Waals surface area contributed by atoms with E-state index in [4.69, 9.17) is 14.2 Å². The van der Waals surface area contributed by atoms with Gasteiger partial charge in [0, 0.05) is 25.8 Å². The molecule has 6 heteroatoms. The van der Waals surface area contributed by atoms with Gasteiger partial charge in [-0.25, -0.2) is 0 Å². The maximum atomic E-state index is 11.5. The van der Waals surface area contributed by atoms with Crippen LogP contribution < -0.4 is 20.1 Å². The van der Waals surface area contributed by atoms with Gasteiger partial charge in [0.1, 0.15) is 0 Å². The first-order chi connectivity index (χ1) is 10.2. The molecule has 2 N–H and O–H groups in total. The Bertz CT molecular complexity index is 438. The zero-order valence-electron chi connectivity index (χ0n) is 12.9. The molecule has 0 aromatic heterocycles. The molecule has 0 fully saturated rings. The zero-order chi connectivity index (χ0) is 15.5. The van der Waals surface area contributed by atoms with Crippen LogP contribution in [-0.2, 0) is 16.1 Å². The molecular formula is C15H24N2O4. The van der Waals surface area contributed by atoms with Crippen LogP contribution in [0.15, 0.2) is 18.2 Å². The van der Waals surface area contributed by atoms with Gasteiger partial charge in [-0.1, -0.05) is 12.1 Å². The molecule has 0 saturated heterocycles. The second kappa shape index (κ2) is 10.0. The van der Waals surface area contributed by atoms with Crippen LogP contribution in [0.1, 0.15) is 12.5 Å². The highest BCUT2D eigenvalue weighted by Crippen LogP contribution is 2.30. The van der Waals surface area contributed by atoms with Gasteiger partial charge in [-0.15, -0.1) is 0 Å². The molecule has 0 heterocycles. The summed E-state index contributed by atoms with van der Waals surface area (Å²) in [4.78, 5) is 11.5. The lowest BCUT2D eigenvalue weighted by atomic mass is 10.2. The number of carbonyl (C=O) groups excluding carboxylic acids is 1. The van der Waals surface area contributed by atoms with E-state index in [1.165, 1.54) is 0 Å². The highest BCUT2D eigenvalue weighted by atomic mass is 16.5. The lowest BCUT2D eigenvalue weighted by Gasteiger charge is -2.14. The Morgan fingerprint density at radius 3 is 2.76 bits per heavy atom. The van der Waals surface area contributed by atoms with E-state index in [0.29, 0.717) is 37.8 Å². The van der Waals surface area contributed by atoms with Crippen molar-refractivity contribution in [1.29, 1.82) is 0 Å². The van der Waals surface area contributed by atoms with Crippen molar-refractivity contribution in [2.24, 2.45) is 0 Å².